The van der Waals surface area contributed by atoms with Crippen molar-refractivity contribution in [3.05, 3.63) is 48.0 Å². The molecule has 2 aliphatic rings. The first-order valence-electron chi connectivity index (χ1n) is 13.3. The monoisotopic (exact) mass is 524 g/mol. The summed E-state index contributed by atoms with van der Waals surface area (Å²) in [6, 6.07) is 12.5. The smallest absolute Gasteiger partial charge is 0.227 e. The topological polar surface area (TPSA) is 83.6 Å². The number of nitrogens with zero attached hydrogens (tertiary/aromatic N) is 3. The minimum atomic E-state index is -0.484. The van der Waals surface area contributed by atoms with Crippen molar-refractivity contribution < 1.29 is 23.8 Å². The van der Waals surface area contributed by atoms with E-state index in [-0.39, 0.29) is 11.8 Å². The van der Waals surface area contributed by atoms with Crippen molar-refractivity contribution in [1.82, 2.24) is 15.1 Å². The summed E-state index contributed by atoms with van der Waals surface area (Å²) in [6.07, 6.45) is 1.67. The van der Waals surface area contributed by atoms with E-state index in [0.717, 1.165) is 50.4 Å². The van der Waals surface area contributed by atoms with Crippen LogP contribution in [0, 0.1) is 5.92 Å². The molecule has 9 nitrogen and oxygen atoms in total. The predicted octanol–water partition coefficient (Wildman–Crippen LogP) is 2.95. The molecule has 4 rings (SSSR count). The number of benzene rings is 2. The third kappa shape index (κ3) is 6.39. The molecule has 2 aliphatic heterocycles. The lowest BCUT2D eigenvalue weighted by molar-refractivity contribution is -0.129. The maximum Gasteiger partial charge on any atom is 0.227 e. The van der Waals surface area contributed by atoms with Gasteiger partial charge < -0.3 is 34.2 Å². The van der Waals surface area contributed by atoms with Gasteiger partial charge in [-0.3, -0.25) is 9.59 Å². The van der Waals surface area contributed by atoms with Crippen LogP contribution in [0.1, 0.15) is 30.9 Å². The number of amides is 2. The van der Waals surface area contributed by atoms with Gasteiger partial charge in [0.2, 0.25) is 11.8 Å². The van der Waals surface area contributed by atoms with E-state index in [1.807, 2.05) is 42.5 Å². The highest BCUT2D eigenvalue weighted by Gasteiger charge is 2.41. The minimum Gasteiger partial charge on any atom is -0.497 e. The first kappa shape index (κ1) is 27.7. The van der Waals surface area contributed by atoms with Gasteiger partial charge in [0.1, 0.15) is 5.75 Å². The summed E-state index contributed by atoms with van der Waals surface area (Å²) in [7, 11) is 6.93. The van der Waals surface area contributed by atoms with Gasteiger partial charge in [-0.15, -0.1) is 0 Å². The molecule has 2 unspecified atom stereocenters. The van der Waals surface area contributed by atoms with Gasteiger partial charge in [0.05, 0.1) is 33.3 Å². The number of methoxy groups -OCH3 is 3. The summed E-state index contributed by atoms with van der Waals surface area (Å²) < 4.78 is 16.3. The van der Waals surface area contributed by atoms with Gasteiger partial charge in [-0.05, 0) is 68.4 Å². The average molecular weight is 525 g/mol. The summed E-state index contributed by atoms with van der Waals surface area (Å²) in [6.45, 7) is 5.86. The van der Waals surface area contributed by atoms with E-state index in [1.165, 1.54) is 0 Å². The van der Waals surface area contributed by atoms with Crippen molar-refractivity contribution in [2.75, 3.05) is 72.5 Å². The molecular weight excluding hydrogens is 484 g/mol. The molecule has 9 heteroatoms. The fourth-order valence-electron chi connectivity index (χ4n) is 5.35. The number of hydrogen-bond acceptors (Lipinski definition) is 7. The van der Waals surface area contributed by atoms with Crippen LogP contribution in [0.25, 0.3) is 0 Å². The van der Waals surface area contributed by atoms with Crippen molar-refractivity contribution in [2.45, 2.75) is 25.3 Å². The number of anilines is 1. The fraction of sp³-hybridized carbons (Fsp3) is 0.517. The summed E-state index contributed by atoms with van der Waals surface area (Å²) in [5.41, 5.74) is 1.55. The average Bonchev–Trinajstić information content (AvgIpc) is 2.95. The Kier molecular flexibility index (Phi) is 9.47. The molecule has 2 atom stereocenters. The Morgan fingerprint density at radius 2 is 1.66 bits per heavy atom. The quantitative estimate of drug-likeness (QED) is 0.479. The first-order chi connectivity index (χ1) is 18.4. The second-order valence-corrected chi connectivity index (χ2v) is 9.96. The highest BCUT2D eigenvalue weighted by atomic mass is 16.5. The van der Waals surface area contributed by atoms with Crippen LogP contribution < -0.4 is 24.4 Å². The Bertz CT molecular complexity index is 1080. The molecule has 0 radical (unpaired) electrons. The zero-order chi connectivity index (χ0) is 27.1. The molecule has 0 aromatic heterocycles. The molecule has 2 heterocycles. The van der Waals surface area contributed by atoms with Gasteiger partial charge in [-0.1, -0.05) is 6.07 Å². The van der Waals surface area contributed by atoms with Gasteiger partial charge in [0.15, 0.2) is 11.5 Å². The Hall–Kier alpha value is -3.30. The zero-order valence-corrected chi connectivity index (χ0v) is 22.9. The molecule has 2 aromatic carbocycles. The van der Waals surface area contributed by atoms with Crippen LogP contribution in [-0.2, 0) is 9.59 Å². The number of likely N-dealkylation sites (N-methyl/N-ethyl adjacent to an activating group) is 1. The molecular formula is C29H40N4O5. The number of carbonyl (C=O) groups is 2. The van der Waals surface area contributed by atoms with Crippen LogP contribution in [0.4, 0.5) is 5.69 Å². The Morgan fingerprint density at radius 1 is 0.947 bits per heavy atom. The van der Waals surface area contributed by atoms with Crippen molar-refractivity contribution in [1.29, 1.82) is 0 Å². The number of carbonyl (C=O) groups excluding carboxylic acids is 2. The zero-order valence-electron chi connectivity index (χ0n) is 22.9. The van der Waals surface area contributed by atoms with Crippen LogP contribution >= 0.6 is 0 Å². The molecule has 2 fully saturated rings. The third-order valence-electron chi connectivity index (χ3n) is 7.58. The maximum absolute atomic E-state index is 13.6. The van der Waals surface area contributed by atoms with Gasteiger partial charge in [-0.25, -0.2) is 0 Å². The van der Waals surface area contributed by atoms with Crippen LogP contribution in [0.15, 0.2) is 42.5 Å². The summed E-state index contributed by atoms with van der Waals surface area (Å²) in [5, 5.41) is 3.17. The number of rotatable bonds is 10. The molecule has 1 N–H and O–H groups in total. The first-order valence-corrected chi connectivity index (χ1v) is 13.3. The molecule has 0 saturated carbocycles. The highest BCUT2D eigenvalue weighted by molar-refractivity contribution is 5.97. The van der Waals surface area contributed by atoms with E-state index < -0.39 is 12.0 Å². The van der Waals surface area contributed by atoms with E-state index in [4.69, 9.17) is 14.2 Å². The Balaban J connectivity index is 1.55. The van der Waals surface area contributed by atoms with E-state index >= 15 is 0 Å². The minimum absolute atomic E-state index is 0.0194. The maximum atomic E-state index is 13.6. The standard InChI is InChI=1S/C29H40N4O5/c1-31-16-18-32(19-17-31)15-5-14-30-29(35)24-11-13-27(34)33(22-7-9-23(36-2)10-8-22)28(24)21-6-12-25(37-3)26(20-21)38-4/h6-10,12,20,24,28H,5,11,13-19H2,1-4H3,(H,30,35). The van der Waals surface area contributed by atoms with Crippen molar-refractivity contribution in [3.8, 4) is 17.2 Å². The van der Waals surface area contributed by atoms with Gasteiger partial charge in [-0.2, -0.15) is 0 Å². The number of piperidine rings is 1. The molecule has 206 valence electrons. The summed E-state index contributed by atoms with van der Waals surface area (Å²) in [5.74, 6) is 1.40. The molecule has 0 bridgehead atoms. The van der Waals surface area contributed by atoms with Crippen LogP contribution in [0.2, 0.25) is 0 Å². The van der Waals surface area contributed by atoms with Crippen LogP contribution in [0.3, 0.4) is 0 Å². The second-order valence-electron chi connectivity index (χ2n) is 9.96. The molecule has 0 aliphatic carbocycles. The van der Waals surface area contributed by atoms with Crippen LogP contribution in [0.5, 0.6) is 17.2 Å². The number of ether oxygens (including phenoxy) is 3. The highest BCUT2D eigenvalue weighted by Crippen LogP contribution is 2.42. The summed E-state index contributed by atoms with van der Waals surface area (Å²) >= 11 is 0. The van der Waals surface area contributed by atoms with Crippen molar-refractivity contribution >= 4 is 17.5 Å². The number of hydrogen-bond donors (Lipinski definition) is 1. The lowest BCUT2D eigenvalue weighted by Crippen LogP contribution is -2.49. The van der Waals surface area contributed by atoms with E-state index in [2.05, 4.69) is 22.2 Å². The van der Waals surface area contributed by atoms with Crippen molar-refractivity contribution in [3.63, 3.8) is 0 Å². The Labute approximate surface area is 225 Å². The second kappa shape index (κ2) is 13.0. The normalized spacial score (nSPS) is 20.7. The van der Waals surface area contributed by atoms with Crippen molar-refractivity contribution in [2.24, 2.45) is 5.92 Å². The SMILES string of the molecule is COc1ccc(N2C(=O)CCC(C(=O)NCCCN3CCN(C)CC3)C2c2ccc(OC)c(OC)c2)cc1. The number of piperazine rings is 1. The lowest BCUT2D eigenvalue weighted by Gasteiger charge is -2.41. The summed E-state index contributed by atoms with van der Waals surface area (Å²) in [4.78, 5) is 33.5. The van der Waals surface area contributed by atoms with Crippen LogP contribution in [-0.4, -0.2) is 89.3 Å². The largest absolute Gasteiger partial charge is 0.497 e. The fourth-order valence-corrected chi connectivity index (χ4v) is 5.35. The third-order valence-corrected chi connectivity index (χ3v) is 7.58. The predicted molar refractivity (Wildman–Crippen MR) is 147 cm³/mol. The molecule has 2 aromatic rings. The number of nitrogens with one attached hydrogen (secondary N) is 1. The molecule has 2 amide bonds. The van der Waals surface area contributed by atoms with Gasteiger partial charge in [0.25, 0.3) is 0 Å². The lowest BCUT2D eigenvalue weighted by atomic mass is 9.83. The van der Waals surface area contributed by atoms with E-state index in [9.17, 15) is 9.59 Å². The van der Waals surface area contributed by atoms with Gasteiger partial charge in [0, 0.05) is 44.8 Å². The molecule has 38 heavy (non-hydrogen) atoms. The van der Waals surface area contributed by atoms with Gasteiger partial charge >= 0.3 is 0 Å². The van der Waals surface area contributed by atoms with E-state index in [0.29, 0.717) is 36.6 Å². The van der Waals surface area contributed by atoms with E-state index in [1.54, 1.807) is 26.2 Å². The molecule has 2 saturated heterocycles. The molecule has 0 spiro atoms. The Morgan fingerprint density at radius 3 is 2.32 bits per heavy atom.